The second kappa shape index (κ2) is 50.8. The number of likely N-dealkylation sites (N-methyl/N-ethyl adjacent to an activating group) is 3. The first-order valence-corrected chi connectivity index (χ1v) is 46.8. The van der Waals surface area contributed by atoms with Crippen molar-refractivity contribution < 1.29 is 101 Å². The zero-order valence-electron chi connectivity index (χ0n) is 77.8. The number of thioether (sulfide) groups is 1. The number of unbranched alkanes of at least 4 members (excludes halogenated alkanes) is 2. The van der Waals surface area contributed by atoms with Crippen molar-refractivity contribution in [3.63, 3.8) is 0 Å². The van der Waals surface area contributed by atoms with Gasteiger partial charge in [0.15, 0.2) is 5.96 Å². The number of benzene rings is 3. The molecule has 3 aliphatic heterocycles. The average molecular weight is 1930 g/mol. The molecule has 3 aromatic heterocycles. The minimum Gasteiger partial charge on any atom is -0.394 e. The summed E-state index contributed by atoms with van der Waals surface area (Å²) in [7, 11) is 3.76. The zero-order chi connectivity index (χ0) is 100. The molecule has 17 amide bonds. The van der Waals surface area contributed by atoms with Crippen LogP contribution < -0.4 is 75.7 Å². The molecule has 43 nitrogen and oxygen atoms in total. The summed E-state index contributed by atoms with van der Waals surface area (Å²) in [4.78, 5) is 269. The molecule has 0 spiro atoms. The predicted molar refractivity (Wildman–Crippen MR) is 498 cm³/mol. The number of amides is 17. The Morgan fingerprint density at radius 3 is 1.69 bits per heavy atom. The van der Waals surface area contributed by atoms with Crippen LogP contribution in [0.5, 0.6) is 0 Å². The highest BCUT2D eigenvalue weighted by atomic mass is 32.2. The summed E-state index contributed by atoms with van der Waals surface area (Å²) in [6, 6.07) is -6.35. The maximum Gasteiger partial charge on any atom is 0.246 e. The SMILES string of the molecule is CCCC[C@H]1C(=O)N(C)[C@@H](CCCC)C(=O)N[C@@H](CCCNC(=N)N)C(=O)N[C@H](C(=O)NCC(N)=O)CSCC(=O)N[C@@H](Cc2cc(F)cc(F)c2)C(=O)N(C)[C@@H](C)C(=O)N[C@@H](CC(N)=O)C(=O)N2CCC[C@H]2C(=O)N[C@@H](Cc2cnc[nH]2)C(=O)N[C@@H](CC(C)C)C(=O)N2C[C@H](O)CC2C(=O)N[C@@H](Cc2c[nH]c3ccccc23)C(=O)N[C@@H](CO)C(=O)N[C@@H](Cc2c[nH]c3ccccc23)C(=O)N1C. The van der Waals surface area contributed by atoms with Crippen molar-refractivity contribution in [2.75, 3.05) is 65.4 Å². The number of carbonyl (C=O) groups excluding carboxylic acids is 17. The topological polar surface area (TPSA) is 641 Å². The number of hydrogen-bond acceptors (Lipinski definition) is 22. The van der Waals surface area contributed by atoms with E-state index < -0.39 is 259 Å². The van der Waals surface area contributed by atoms with Gasteiger partial charge in [0.1, 0.15) is 96.2 Å². The molecule has 137 heavy (non-hydrogen) atoms. The second-order valence-electron chi connectivity index (χ2n) is 35.1. The van der Waals surface area contributed by atoms with Crippen LogP contribution in [0.3, 0.4) is 0 Å². The number of hydrogen-bond donors (Lipinski definition) is 20. The molecule has 744 valence electrons. The number of halogens is 2. The van der Waals surface area contributed by atoms with E-state index in [0.717, 1.165) is 43.7 Å². The van der Waals surface area contributed by atoms with Crippen LogP contribution in [0.1, 0.15) is 140 Å². The number of imidazole rings is 1. The molecule has 1 unspecified atom stereocenters. The van der Waals surface area contributed by atoms with E-state index in [-0.39, 0.29) is 88.8 Å². The average Bonchev–Trinajstić information content (AvgIpc) is 1.64. The number of carbonyl (C=O) groups is 17. The Bertz CT molecular complexity index is 5310. The molecule has 23 N–H and O–H groups in total. The van der Waals surface area contributed by atoms with Crippen molar-refractivity contribution in [1.82, 2.24) is 103 Å². The third-order valence-corrected chi connectivity index (χ3v) is 25.3. The van der Waals surface area contributed by atoms with Crippen molar-refractivity contribution in [1.29, 1.82) is 5.41 Å². The van der Waals surface area contributed by atoms with Crippen LogP contribution in [-0.4, -0.2) is 317 Å². The van der Waals surface area contributed by atoms with E-state index in [1.165, 1.54) is 33.5 Å². The van der Waals surface area contributed by atoms with Crippen molar-refractivity contribution in [3.8, 4) is 0 Å². The fraction of sp³-hybridized carbons (Fsp3) is 0.527. The van der Waals surface area contributed by atoms with Gasteiger partial charge in [0.25, 0.3) is 0 Å². The monoisotopic (exact) mass is 1930 g/mol. The van der Waals surface area contributed by atoms with Gasteiger partial charge in [-0.3, -0.25) is 86.9 Å². The number of primary amides is 2. The van der Waals surface area contributed by atoms with Gasteiger partial charge in [-0.15, -0.1) is 11.8 Å². The summed E-state index contributed by atoms with van der Waals surface area (Å²) in [6.45, 7) is 5.73. The van der Waals surface area contributed by atoms with E-state index in [1.807, 2.05) is 13.8 Å². The highest BCUT2D eigenvalue weighted by molar-refractivity contribution is 8.00. The molecule has 0 radical (unpaired) electrons. The lowest BCUT2D eigenvalue weighted by molar-refractivity contribution is -0.149. The van der Waals surface area contributed by atoms with Crippen LogP contribution in [0.4, 0.5) is 8.78 Å². The third kappa shape index (κ3) is 29.9. The fourth-order valence-corrected chi connectivity index (χ4v) is 17.7. The largest absolute Gasteiger partial charge is 0.394 e. The number of H-pyrrole nitrogens is 3. The summed E-state index contributed by atoms with van der Waals surface area (Å²) in [5.41, 5.74) is 19.1. The van der Waals surface area contributed by atoms with Crippen LogP contribution in [0.25, 0.3) is 21.8 Å². The number of para-hydroxylation sites is 2. The minimum absolute atomic E-state index is 0.00297. The highest BCUT2D eigenvalue weighted by Crippen LogP contribution is 2.28. The van der Waals surface area contributed by atoms with Crippen LogP contribution in [-0.2, 0) is 107 Å². The molecular formula is C91H126F2N24O19S. The molecule has 0 saturated carbocycles. The van der Waals surface area contributed by atoms with E-state index in [9.17, 15) is 62.1 Å². The number of aromatic amines is 3. The zero-order valence-corrected chi connectivity index (χ0v) is 78.6. The first-order chi connectivity index (χ1) is 65.2. The first-order valence-electron chi connectivity index (χ1n) is 45.6. The van der Waals surface area contributed by atoms with Gasteiger partial charge in [0.05, 0.1) is 37.8 Å². The number of fused-ring (bicyclic) bond motifs is 4. The maximum atomic E-state index is 15.8. The van der Waals surface area contributed by atoms with Gasteiger partial charge in [0.2, 0.25) is 100 Å². The Labute approximate surface area is 793 Å². The van der Waals surface area contributed by atoms with Crippen LogP contribution in [0.2, 0.25) is 0 Å². The fourth-order valence-electron chi connectivity index (χ4n) is 16.9. The van der Waals surface area contributed by atoms with Gasteiger partial charge in [-0.25, -0.2) is 13.8 Å². The highest BCUT2D eigenvalue weighted by Gasteiger charge is 2.47. The Balaban J connectivity index is 1.11. The Kier molecular flexibility index (Phi) is 39.7. The van der Waals surface area contributed by atoms with E-state index in [0.29, 0.717) is 82.1 Å². The summed E-state index contributed by atoms with van der Waals surface area (Å²) < 4.78 is 29.9. The van der Waals surface area contributed by atoms with E-state index in [2.05, 4.69) is 78.4 Å². The lowest BCUT2D eigenvalue weighted by atomic mass is 10.00. The van der Waals surface area contributed by atoms with Crippen LogP contribution in [0, 0.1) is 23.0 Å². The molecular weight excluding hydrogens is 1800 g/mol. The van der Waals surface area contributed by atoms with Gasteiger partial charge in [-0.05, 0) is 98.7 Å². The molecule has 3 saturated heterocycles. The smallest absolute Gasteiger partial charge is 0.246 e. The van der Waals surface area contributed by atoms with Crippen LogP contribution in [0.15, 0.2) is 91.6 Å². The standard InChI is InChI=1S/C91H126F2N24O19S/c1-9-11-24-70-83(129)105-61(23-17-27-99-91(96)97)79(125)112-69(78(124)102-42-75(95)121)45-137-46-76(122)104-65(32-50-30-53(92)35-54(93)31-50)86(132)113(6)49(5)77(123)108-67(38-74(94)120)88(134)116-28-18-26-71(116)84(130)107-63(36-55-41-98-47-103-55)81(127)109-64(29-48(3)4)89(135)117-43-56(119)37-73(117)85(131)106-62(33-51-39-100-59-21-15-13-19-57(51)59)80(126)111-68(44-118)82(128)110-66(34-52-40-101-60-22-16-14-20-58(52)60)87(133)115(8)72(25-12-10-2)90(136)114(70)7/h13-16,19-22,30-31,35,39-41,47-49,56,61-73,100-101,118-119H,9-12,17-18,23-29,32-34,36-38,42-46H2,1-8H3,(H2,94,120)(H2,95,121)(H,98,103)(H,102,124)(H,104,122)(H,105,129)(H,106,131)(H,107,130)(H,108,123)(H,109,127)(H,110,128)(H,111,126)(H,112,125)(H4,96,97,99)/t49-,56+,61-,62-,63-,64-,65-,66-,67-,68-,69-,70-,71-,72-,73?/m0/s1. The number of nitrogens with zero attached hydrogens (tertiary/aromatic N) is 6. The minimum atomic E-state index is -1.91. The van der Waals surface area contributed by atoms with Crippen molar-refractivity contribution in [2.45, 2.75) is 234 Å². The van der Waals surface area contributed by atoms with Crippen LogP contribution >= 0.6 is 11.8 Å². The summed E-state index contributed by atoms with van der Waals surface area (Å²) in [6.07, 6.45) is 2.82. The third-order valence-electron chi connectivity index (χ3n) is 24.3. The number of aliphatic hydroxyl groups is 2. The normalized spacial score (nSPS) is 24.6. The second-order valence-corrected chi connectivity index (χ2v) is 36.1. The number of guanidine groups is 1. The van der Waals surface area contributed by atoms with Crippen molar-refractivity contribution in [3.05, 3.63) is 126 Å². The summed E-state index contributed by atoms with van der Waals surface area (Å²) >= 11 is 0.676. The predicted octanol–water partition coefficient (Wildman–Crippen LogP) is -2.36. The number of rotatable bonds is 26. The van der Waals surface area contributed by atoms with Gasteiger partial charge >= 0.3 is 0 Å². The Morgan fingerprint density at radius 2 is 1.09 bits per heavy atom. The molecule has 46 heteroatoms. The van der Waals surface area contributed by atoms with Gasteiger partial charge in [-0.1, -0.05) is 89.8 Å². The molecule has 9 rings (SSSR count). The number of aliphatic hydroxyl groups excluding tert-OH is 2. The number of nitrogens with one attached hydrogen (secondary N) is 15. The lowest BCUT2D eigenvalue weighted by Gasteiger charge is -2.36. The Morgan fingerprint density at radius 1 is 0.562 bits per heavy atom. The van der Waals surface area contributed by atoms with E-state index in [4.69, 9.17) is 22.6 Å². The van der Waals surface area contributed by atoms with E-state index in [1.54, 1.807) is 74.8 Å². The van der Waals surface area contributed by atoms with Gasteiger partial charge in [-0.2, -0.15) is 0 Å². The number of nitrogens with two attached hydrogens (primary N) is 3. The molecule has 3 fully saturated rings. The number of aromatic nitrogens is 4. The summed E-state index contributed by atoms with van der Waals surface area (Å²) in [5.74, 6) is -21.1. The molecule has 3 aliphatic rings. The quantitative estimate of drug-likeness (QED) is 0.0153. The van der Waals surface area contributed by atoms with Gasteiger partial charge < -0.3 is 125 Å². The maximum absolute atomic E-state index is 15.8. The molecule has 0 bridgehead atoms. The molecule has 15 atom stereocenters. The van der Waals surface area contributed by atoms with E-state index >= 15 is 38.4 Å². The molecule has 6 aromatic rings. The first kappa shape index (κ1) is 107. The van der Waals surface area contributed by atoms with Gasteiger partial charge in [0, 0.05) is 131 Å². The molecule has 6 heterocycles. The van der Waals surface area contributed by atoms with Crippen molar-refractivity contribution in [2.24, 2.45) is 23.1 Å². The summed E-state index contributed by atoms with van der Waals surface area (Å²) in [5, 5.41) is 60.4. The van der Waals surface area contributed by atoms with Crippen molar-refractivity contribution >= 4 is 140 Å². The Hall–Kier alpha value is -13.7. The molecule has 3 aromatic carbocycles. The lowest BCUT2D eigenvalue weighted by Crippen LogP contribution is -2.62. The molecule has 0 aliphatic carbocycles.